The zero-order chi connectivity index (χ0) is 15.9. The smallest absolute Gasteiger partial charge is 0.264 e. The van der Waals surface area contributed by atoms with E-state index in [9.17, 15) is 14.0 Å². The summed E-state index contributed by atoms with van der Waals surface area (Å²) in [5, 5.41) is 0.727. The van der Waals surface area contributed by atoms with Gasteiger partial charge in [-0.3, -0.25) is 9.59 Å². The Balaban J connectivity index is 2.18. The Morgan fingerprint density at radius 2 is 1.77 bits per heavy atom. The van der Waals surface area contributed by atoms with Gasteiger partial charge in [0.2, 0.25) is 0 Å². The zero-order valence-corrected chi connectivity index (χ0v) is 13.3. The van der Waals surface area contributed by atoms with Crippen LogP contribution in [0.15, 0.2) is 56.8 Å². The van der Waals surface area contributed by atoms with Crippen LogP contribution in [0.25, 0.3) is 10.8 Å². The fourth-order valence-electron chi connectivity index (χ4n) is 2.37. The van der Waals surface area contributed by atoms with Crippen LogP contribution in [-0.4, -0.2) is 9.13 Å². The van der Waals surface area contributed by atoms with Crippen LogP contribution < -0.4 is 11.1 Å². The predicted octanol–water partition coefficient (Wildman–Crippen LogP) is 2.65. The maximum Gasteiger partial charge on any atom is 0.264 e. The second-order valence-corrected chi connectivity index (χ2v) is 5.91. The van der Waals surface area contributed by atoms with Crippen molar-refractivity contribution in [3.8, 4) is 0 Å². The first kappa shape index (κ1) is 14.7. The Hall–Kier alpha value is -2.21. The molecule has 22 heavy (non-hydrogen) atoms. The molecule has 112 valence electrons. The first-order valence-corrected chi connectivity index (χ1v) is 7.39. The number of hydrogen-bond acceptors (Lipinski definition) is 2. The molecule has 0 bridgehead atoms. The summed E-state index contributed by atoms with van der Waals surface area (Å²) in [6.45, 7) is 0.282. The Bertz CT molecular complexity index is 974. The Labute approximate surface area is 133 Å². The highest BCUT2D eigenvalue weighted by atomic mass is 79.9. The van der Waals surface area contributed by atoms with Crippen molar-refractivity contribution in [2.45, 2.75) is 6.54 Å². The molecule has 0 aliphatic heterocycles. The summed E-state index contributed by atoms with van der Waals surface area (Å²) >= 11 is 3.37. The molecule has 3 aromatic rings. The molecule has 0 aliphatic carbocycles. The molecule has 0 N–H and O–H groups in total. The van der Waals surface area contributed by atoms with Crippen molar-refractivity contribution >= 4 is 26.7 Å². The number of halogens is 2. The molecule has 0 aliphatic rings. The summed E-state index contributed by atoms with van der Waals surface area (Å²) < 4.78 is 16.4. The van der Waals surface area contributed by atoms with E-state index < -0.39 is 0 Å². The molecule has 0 saturated heterocycles. The van der Waals surface area contributed by atoms with Gasteiger partial charge in [-0.1, -0.05) is 12.1 Å². The van der Waals surface area contributed by atoms with E-state index in [2.05, 4.69) is 15.9 Å². The third-order valence-corrected chi connectivity index (χ3v) is 4.16. The number of aryl methyl sites for hydroxylation is 1. The number of hydrogen-bond donors (Lipinski definition) is 0. The zero-order valence-electron chi connectivity index (χ0n) is 11.7. The highest BCUT2D eigenvalue weighted by Crippen LogP contribution is 2.18. The van der Waals surface area contributed by atoms with E-state index in [-0.39, 0.29) is 28.9 Å². The van der Waals surface area contributed by atoms with Gasteiger partial charge < -0.3 is 9.13 Å². The maximum absolute atomic E-state index is 12.9. The fourth-order valence-corrected chi connectivity index (χ4v) is 3.00. The van der Waals surface area contributed by atoms with E-state index in [0.29, 0.717) is 9.86 Å². The number of benzene rings is 1. The fraction of sp³-hybridized carbons (Fsp3) is 0.125. The van der Waals surface area contributed by atoms with Crippen molar-refractivity contribution < 1.29 is 4.39 Å². The molecule has 0 radical (unpaired) electrons. The molecule has 0 fully saturated rings. The average Bonchev–Trinajstić information content (AvgIpc) is 2.49. The number of nitrogens with zero attached hydrogens (tertiary/aromatic N) is 2. The van der Waals surface area contributed by atoms with Crippen LogP contribution >= 0.6 is 15.9 Å². The number of aromatic nitrogens is 2. The summed E-state index contributed by atoms with van der Waals surface area (Å²) in [5.74, 6) is -0.326. The van der Waals surface area contributed by atoms with Crippen molar-refractivity contribution in [2.24, 2.45) is 7.05 Å². The highest BCUT2D eigenvalue weighted by molar-refractivity contribution is 9.10. The van der Waals surface area contributed by atoms with Crippen molar-refractivity contribution in [3.05, 3.63) is 79.3 Å². The second-order valence-electron chi connectivity index (χ2n) is 5.06. The number of pyridine rings is 2. The lowest BCUT2D eigenvalue weighted by molar-refractivity contribution is 0.626. The second kappa shape index (κ2) is 5.53. The third kappa shape index (κ3) is 2.50. The summed E-state index contributed by atoms with van der Waals surface area (Å²) in [6, 6.07) is 7.65. The molecule has 1 aromatic carbocycles. The van der Waals surface area contributed by atoms with Gasteiger partial charge in [-0.25, -0.2) is 4.39 Å². The van der Waals surface area contributed by atoms with E-state index in [0.717, 1.165) is 5.56 Å². The monoisotopic (exact) mass is 362 g/mol. The van der Waals surface area contributed by atoms with Crippen molar-refractivity contribution in [3.63, 3.8) is 0 Å². The largest absolute Gasteiger partial charge is 0.317 e. The normalized spacial score (nSPS) is 11.0. The van der Waals surface area contributed by atoms with E-state index in [1.54, 1.807) is 37.6 Å². The van der Waals surface area contributed by atoms with Crippen LogP contribution in [0.4, 0.5) is 4.39 Å². The van der Waals surface area contributed by atoms with Gasteiger partial charge in [-0.05, 0) is 39.7 Å². The standard InChI is InChI=1S/C16H12BrFN2O2/c1-19-9-13(17)12-6-7-20(16(22)14(12)15(19)21)8-10-2-4-11(18)5-3-10/h2-7,9H,8H2,1H3. The molecule has 0 unspecified atom stereocenters. The van der Waals surface area contributed by atoms with Crippen molar-refractivity contribution in [1.29, 1.82) is 0 Å². The Kier molecular flexibility index (Phi) is 3.70. The molecule has 4 nitrogen and oxygen atoms in total. The SMILES string of the molecule is Cn1cc(Br)c2ccn(Cc3ccc(F)cc3)c(=O)c2c1=O. The van der Waals surface area contributed by atoms with Gasteiger partial charge in [0, 0.05) is 29.3 Å². The molecule has 0 atom stereocenters. The van der Waals surface area contributed by atoms with Gasteiger partial charge in [-0.2, -0.15) is 0 Å². The van der Waals surface area contributed by atoms with Gasteiger partial charge in [0.1, 0.15) is 11.2 Å². The van der Waals surface area contributed by atoms with Crippen molar-refractivity contribution in [2.75, 3.05) is 0 Å². The lowest BCUT2D eigenvalue weighted by atomic mass is 10.2. The summed E-state index contributed by atoms with van der Waals surface area (Å²) in [6.07, 6.45) is 3.27. The molecule has 3 rings (SSSR count). The number of rotatable bonds is 2. The molecule has 0 spiro atoms. The van der Waals surface area contributed by atoms with E-state index in [1.807, 2.05) is 0 Å². The van der Waals surface area contributed by atoms with Crippen LogP contribution in [0.2, 0.25) is 0 Å². The topological polar surface area (TPSA) is 44.0 Å². The molecule has 0 amide bonds. The summed E-state index contributed by atoms with van der Waals surface area (Å²) in [7, 11) is 1.60. The lowest BCUT2D eigenvalue weighted by Gasteiger charge is -2.09. The predicted molar refractivity (Wildman–Crippen MR) is 86.7 cm³/mol. The average molecular weight is 363 g/mol. The number of fused-ring (bicyclic) bond motifs is 1. The minimum absolute atomic E-state index is 0.140. The molecular formula is C16H12BrFN2O2. The van der Waals surface area contributed by atoms with Gasteiger partial charge in [0.25, 0.3) is 11.1 Å². The molecule has 0 saturated carbocycles. The highest BCUT2D eigenvalue weighted by Gasteiger charge is 2.11. The van der Waals surface area contributed by atoms with Gasteiger partial charge in [0.15, 0.2) is 0 Å². The van der Waals surface area contributed by atoms with Crippen LogP contribution in [0.5, 0.6) is 0 Å². The molecular weight excluding hydrogens is 351 g/mol. The lowest BCUT2D eigenvalue weighted by Crippen LogP contribution is -2.28. The van der Waals surface area contributed by atoms with Gasteiger partial charge in [0.05, 0.1) is 6.54 Å². The minimum Gasteiger partial charge on any atom is -0.317 e. The quantitative estimate of drug-likeness (QED) is 0.703. The van der Waals surface area contributed by atoms with E-state index >= 15 is 0 Å². The molecule has 6 heteroatoms. The first-order chi connectivity index (χ1) is 10.5. The Morgan fingerprint density at radius 3 is 2.45 bits per heavy atom. The summed E-state index contributed by atoms with van der Waals surface area (Å²) in [4.78, 5) is 24.8. The summed E-state index contributed by atoms with van der Waals surface area (Å²) in [5.41, 5.74) is 0.0926. The van der Waals surface area contributed by atoms with E-state index in [4.69, 9.17) is 0 Å². The van der Waals surface area contributed by atoms with Crippen LogP contribution in [0, 0.1) is 5.82 Å². The van der Waals surface area contributed by atoms with Crippen molar-refractivity contribution in [1.82, 2.24) is 9.13 Å². The van der Waals surface area contributed by atoms with Gasteiger partial charge in [-0.15, -0.1) is 0 Å². The van der Waals surface area contributed by atoms with E-state index in [1.165, 1.54) is 21.3 Å². The minimum atomic E-state index is -0.358. The maximum atomic E-state index is 12.9. The molecule has 2 aromatic heterocycles. The van der Waals surface area contributed by atoms with Gasteiger partial charge >= 0.3 is 0 Å². The van der Waals surface area contributed by atoms with Crippen LogP contribution in [0.3, 0.4) is 0 Å². The van der Waals surface area contributed by atoms with Crippen LogP contribution in [0.1, 0.15) is 5.56 Å². The van der Waals surface area contributed by atoms with Crippen LogP contribution in [-0.2, 0) is 13.6 Å². The molecule has 2 heterocycles. The first-order valence-electron chi connectivity index (χ1n) is 6.60. The third-order valence-electron chi connectivity index (χ3n) is 3.53. The Morgan fingerprint density at radius 1 is 1.09 bits per heavy atom.